The molecule has 3 N–H and O–H groups in total. The highest BCUT2D eigenvalue weighted by molar-refractivity contribution is 5.87. The Morgan fingerprint density at radius 1 is 0.939 bits per heavy atom. The average Bonchev–Trinajstić information content (AvgIpc) is 3.02. The Hall–Kier alpha value is -3.35. The predicted molar refractivity (Wildman–Crippen MR) is 126 cm³/mol. The number of carboxylic acids is 1. The quantitative estimate of drug-likeness (QED) is 0.581. The van der Waals surface area contributed by atoms with Crippen molar-refractivity contribution in [2.75, 3.05) is 6.61 Å². The predicted octanol–water partition coefficient (Wildman–Crippen LogP) is 4.31. The molecule has 0 saturated carbocycles. The van der Waals surface area contributed by atoms with Crippen LogP contribution in [0.1, 0.15) is 58.1 Å². The normalized spacial score (nSPS) is 14.1. The van der Waals surface area contributed by atoms with Crippen molar-refractivity contribution in [1.82, 2.24) is 10.6 Å². The van der Waals surface area contributed by atoms with E-state index in [2.05, 4.69) is 22.8 Å². The van der Waals surface area contributed by atoms with Gasteiger partial charge in [-0.3, -0.25) is 9.59 Å². The van der Waals surface area contributed by atoms with E-state index in [1.807, 2.05) is 57.2 Å². The monoisotopic (exact) mass is 452 g/mol. The van der Waals surface area contributed by atoms with Gasteiger partial charge in [0, 0.05) is 11.5 Å². The molecule has 0 unspecified atom stereocenters. The Balaban J connectivity index is 1.69. The molecule has 1 aliphatic carbocycles. The fourth-order valence-corrected chi connectivity index (χ4v) is 4.26. The summed E-state index contributed by atoms with van der Waals surface area (Å²) >= 11 is 0. The minimum absolute atomic E-state index is 0.0837. The van der Waals surface area contributed by atoms with Gasteiger partial charge in [0.1, 0.15) is 12.6 Å². The number of aliphatic carboxylic acids is 1. The third-order valence-electron chi connectivity index (χ3n) is 5.79. The number of carbonyl (C=O) groups is 3. The van der Waals surface area contributed by atoms with Crippen LogP contribution >= 0.6 is 0 Å². The van der Waals surface area contributed by atoms with E-state index < -0.39 is 35.0 Å². The lowest BCUT2D eigenvalue weighted by Gasteiger charge is -2.33. The molecule has 2 amide bonds. The first kappa shape index (κ1) is 24.3. The van der Waals surface area contributed by atoms with Crippen LogP contribution in [0.2, 0.25) is 0 Å². The lowest BCUT2D eigenvalue weighted by Crippen LogP contribution is -2.58. The van der Waals surface area contributed by atoms with E-state index in [9.17, 15) is 14.4 Å². The number of carbonyl (C=O) groups excluding carboxylic acids is 2. The summed E-state index contributed by atoms with van der Waals surface area (Å²) in [6, 6.07) is 15.2. The van der Waals surface area contributed by atoms with Gasteiger partial charge in [-0.2, -0.15) is 0 Å². The minimum atomic E-state index is -1.02. The molecule has 1 aliphatic rings. The van der Waals surface area contributed by atoms with Crippen molar-refractivity contribution < 1.29 is 24.2 Å². The summed E-state index contributed by atoms with van der Waals surface area (Å²) in [7, 11) is 0. The molecule has 33 heavy (non-hydrogen) atoms. The number of nitrogens with one attached hydrogen (secondary N) is 2. The summed E-state index contributed by atoms with van der Waals surface area (Å²) < 4.78 is 5.59. The lowest BCUT2D eigenvalue weighted by atomic mass is 9.85. The van der Waals surface area contributed by atoms with Crippen molar-refractivity contribution >= 4 is 18.0 Å². The van der Waals surface area contributed by atoms with E-state index >= 15 is 0 Å². The number of ether oxygens (including phenoxy) is 1. The second kappa shape index (κ2) is 9.25. The van der Waals surface area contributed by atoms with Crippen molar-refractivity contribution in [3.63, 3.8) is 0 Å². The first-order chi connectivity index (χ1) is 15.4. The third kappa shape index (κ3) is 5.72. The number of carboxylic acid groups (broad SMARTS) is 1. The van der Waals surface area contributed by atoms with Gasteiger partial charge in [-0.1, -0.05) is 69.3 Å². The van der Waals surface area contributed by atoms with Crippen molar-refractivity contribution in [2.45, 2.75) is 58.5 Å². The molecule has 0 aromatic heterocycles. The van der Waals surface area contributed by atoms with Gasteiger partial charge in [-0.05, 0) is 41.5 Å². The van der Waals surface area contributed by atoms with Crippen LogP contribution in [0.15, 0.2) is 48.5 Å². The molecule has 3 rings (SSSR count). The molecule has 7 heteroatoms. The summed E-state index contributed by atoms with van der Waals surface area (Å²) in [5.41, 5.74) is 2.90. The average molecular weight is 453 g/mol. The number of hydrogen-bond donors (Lipinski definition) is 3. The number of benzene rings is 2. The largest absolute Gasteiger partial charge is 0.481 e. The summed E-state index contributed by atoms with van der Waals surface area (Å²) in [5, 5.41) is 14.5. The zero-order valence-electron chi connectivity index (χ0n) is 19.8. The smallest absolute Gasteiger partial charge is 0.407 e. The van der Waals surface area contributed by atoms with Crippen LogP contribution in [-0.2, 0) is 14.3 Å². The van der Waals surface area contributed by atoms with Crippen LogP contribution in [0.25, 0.3) is 11.1 Å². The topological polar surface area (TPSA) is 105 Å². The molecule has 2 aromatic rings. The van der Waals surface area contributed by atoms with Gasteiger partial charge >= 0.3 is 12.1 Å². The Morgan fingerprint density at radius 3 is 1.94 bits per heavy atom. The Kier molecular flexibility index (Phi) is 6.81. The van der Waals surface area contributed by atoms with E-state index in [0.29, 0.717) is 0 Å². The fourth-order valence-electron chi connectivity index (χ4n) is 4.26. The van der Waals surface area contributed by atoms with Crippen LogP contribution < -0.4 is 10.6 Å². The number of rotatable bonds is 7. The number of amides is 2. The van der Waals surface area contributed by atoms with Gasteiger partial charge < -0.3 is 20.5 Å². The molecule has 0 fully saturated rings. The van der Waals surface area contributed by atoms with Gasteiger partial charge in [0.25, 0.3) is 0 Å². The van der Waals surface area contributed by atoms with Crippen LogP contribution in [0.5, 0.6) is 0 Å². The minimum Gasteiger partial charge on any atom is -0.481 e. The Labute approximate surface area is 194 Å². The fraction of sp³-hybridized carbons (Fsp3) is 0.423. The van der Waals surface area contributed by atoms with Gasteiger partial charge in [0.2, 0.25) is 5.91 Å². The molecule has 0 spiro atoms. The highest BCUT2D eigenvalue weighted by Crippen LogP contribution is 2.44. The maximum absolute atomic E-state index is 12.9. The summed E-state index contributed by atoms with van der Waals surface area (Å²) in [6.07, 6.45) is -0.927. The molecular formula is C26H32N2O5. The molecule has 0 radical (unpaired) electrons. The SMILES string of the molecule is CC(C)(CC(=O)O)NC(=O)[C@@H](NC(=O)OCC1c2ccccc2-c2ccccc21)C(C)(C)C. The standard InChI is InChI=1S/C26H32N2O5/c1-25(2,3)22(23(31)28-26(4,5)14-21(29)30)27-24(32)33-15-20-18-12-8-6-10-16(18)17-11-7-9-13-19(17)20/h6-13,20,22H,14-15H2,1-5H3,(H,27,32)(H,28,31)(H,29,30)/t22-/m1/s1. The number of hydrogen-bond acceptors (Lipinski definition) is 4. The first-order valence-electron chi connectivity index (χ1n) is 11.0. The van der Waals surface area contributed by atoms with Crippen molar-refractivity contribution in [1.29, 1.82) is 0 Å². The third-order valence-corrected chi connectivity index (χ3v) is 5.79. The van der Waals surface area contributed by atoms with Crippen LogP contribution in [-0.4, -0.2) is 41.3 Å². The maximum atomic E-state index is 12.9. The number of fused-ring (bicyclic) bond motifs is 3. The molecule has 2 aromatic carbocycles. The zero-order chi connectivity index (χ0) is 24.4. The molecular weight excluding hydrogens is 420 g/mol. The van der Waals surface area contributed by atoms with E-state index in [1.54, 1.807) is 13.8 Å². The maximum Gasteiger partial charge on any atom is 0.407 e. The van der Waals surface area contributed by atoms with E-state index in [4.69, 9.17) is 9.84 Å². The van der Waals surface area contributed by atoms with Gasteiger partial charge in [-0.25, -0.2) is 4.79 Å². The van der Waals surface area contributed by atoms with Crippen molar-refractivity contribution in [3.05, 3.63) is 59.7 Å². The highest BCUT2D eigenvalue weighted by atomic mass is 16.5. The van der Waals surface area contributed by atoms with E-state index in [1.165, 1.54) is 0 Å². The van der Waals surface area contributed by atoms with Gasteiger partial charge in [0.15, 0.2) is 0 Å². The highest BCUT2D eigenvalue weighted by Gasteiger charge is 2.37. The molecule has 0 bridgehead atoms. The molecule has 7 nitrogen and oxygen atoms in total. The molecule has 0 saturated heterocycles. The van der Waals surface area contributed by atoms with Gasteiger partial charge in [0.05, 0.1) is 6.42 Å². The summed E-state index contributed by atoms with van der Waals surface area (Å²) in [6.45, 7) is 8.88. The van der Waals surface area contributed by atoms with Crippen molar-refractivity contribution in [2.24, 2.45) is 5.41 Å². The van der Waals surface area contributed by atoms with Crippen molar-refractivity contribution in [3.8, 4) is 11.1 Å². The second-order valence-electron chi connectivity index (χ2n) is 10.2. The Morgan fingerprint density at radius 2 is 1.45 bits per heavy atom. The zero-order valence-corrected chi connectivity index (χ0v) is 19.8. The van der Waals surface area contributed by atoms with Crippen LogP contribution in [0, 0.1) is 5.41 Å². The summed E-state index contributed by atoms with van der Waals surface area (Å²) in [5.74, 6) is -1.56. The molecule has 0 heterocycles. The second-order valence-corrected chi connectivity index (χ2v) is 10.2. The number of alkyl carbamates (subject to hydrolysis) is 1. The van der Waals surface area contributed by atoms with E-state index in [-0.39, 0.29) is 18.9 Å². The summed E-state index contributed by atoms with van der Waals surface area (Å²) in [4.78, 5) is 36.7. The van der Waals surface area contributed by atoms with Gasteiger partial charge in [-0.15, -0.1) is 0 Å². The Bertz CT molecular complexity index is 1010. The lowest BCUT2D eigenvalue weighted by molar-refractivity contribution is -0.139. The van der Waals surface area contributed by atoms with E-state index in [0.717, 1.165) is 22.3 Å². The van der Waals surface area contributed by atoms with Crippen LogP contribution in [0.3, 0.4) is 0 Å². The molecule has 176 valence electrons. The molecule has 0 aliphatic heterocycles. The van der Waals surface area contributed by atoms with Crippen LogP contribution in [0.4, 0.5) is 4.79 Å². The first-order valence-corrected chi connectivity index (χ1v) is 11.0. The molecule has 1 atom stereocenters.